The second kappa shape index (κ2) is 14.5. The van der Waals surface area contributed by atoms with Crippen molar-refractivity contribution >= 4 is 18.7 Å². The van der Waals surface area contributed by atoms with Crippen LogP contribution in [-0.4, -0.2) is 31.5 Å². The number of benzene rings is 5. The van der Waals surface area contributed by atoms with E-state index in [-0.39, 0.29) is 12.4 Å². The minimum absolute atomic E-state index is 0. The van der Waals surface area contributed by atoms with Crippen LogP contribution in [0.1, 0.15) is 44.0 Å². The Labute approximate surface area is 291 Å². The van der Waals surface area contributed by atoms with E-state index < -0.39 is 5.54 Å². The molecule has 49 heavy (non-hydrogen) atoms. The van der Waals surface area contributed by atoms with Crippen LogP contribution in [0.4, 0.5) is 0 Å². The Morgan fingerprint density at radius 1 is 0.694 bits per heavy atom. The third-order valence-corrected chi connectivity index (χ3v) is 8.57. The Kier molecular flexibility index (Phi) is 9.74. The SMILES string of the molecule is Cc1cc(OCc2ccc(-c3ccccc3-c3nnn(C(c4ccccc4)(c4ccccc4)c4ccccc4)n3)cc2)c(C=O)c(C)n1.Cl. The lowest BCUT2D eigenvalue weighted by atomic mass is 9.77. The summed E-state index contributed by atoms with van der Waals surface area (Å²) in [4.78, 5) is 17.8. The lowest BCUT2D eigenvalue weighted by Crippen LogP contribution is -2.39. The second-order valence-corrected chi connectivity index (χ2v) is 11.6. The van der Waals surface area contributed by atoms with E-state index >= 15 is 0 Å². The number of aromatic nitrogens is 5. The van der Waals surface area contributed by atoms with Crippen LogP contribution in [0.3, 0.4) is 0 Å². The molecule has 2 aromatic heterocycles. The average molecular weight is 664 g/mol. The zero-order valence-electron chi connectivity index (χ0n) is 27.1. The topological polar surface area (TPSA) is 82.8 Å². The molecule has 0 fully saturated rings. The number of carbonyl (C=O) groups excluding carboxylic acids is 1. The molecular weight excluding hydrogens is 630 g/mol. The highest BCUT2D eigenvalue weighted by Crippen LogP contribution is 2.40. The van der Waals surface area contributed by atoms with Crippen LogP contribution in [0.5, 0.6) is 5.75 Å². The highest BCUT2D eigenvalue weighted by atomic mass is 35.5. The number of hydrogen-bond acceptors (Lipinski definition) is 6. The molecule has 0 atom stereocenters. The van der Waals surface area contributed by atoms with E-state index in [1.165, 1.54) is 0 Å². The summed E-state index contributed by atoms with van der Waals surface area (Å²) in [5, 5.41) is 14.5. The van der Waals surface area contributed by atoms with Gasteiger partial charge in [0.25, 0.3) is 0 Å². The van der Waals surface area contributed by atoms with Crippen LogP contribution in [0, 0.1) is 13.8 Å². The first kappa shape index (κ1) is 33.0. The number of aryl methyl sites for hydroxylation is 2. The number of pyridine rings is 1. The Morgan fingerprint density at radius 3 is 1.78 bits per heavy atom. The molecular formula is C41H34ClN5O2. The quantitative estimate of drug-likeness (QED) is 0.108. The molecule has 0 N–H and O–H groups in total. The van der Waals surface area contributed by atoms with Crippen molar-refractivity contribution in [2.75, 3.05) is 0 Å². The summed E-state index contributed by atoms with van der Waals surface area (Å²) in [6, 6.07) is 49.0. The van der Waals surface area contributed by atoms with Crippen LogP contribution in [0.15, 0.2) is 146 Å². The van der Waals surface area contributed by atoms with Gasteiger partial charge in [0.1, 0.15) is 12.4 Å². The monoisotopic (exact) mass is 663 g/mol. The molecule has 0 aliphatic heterocycles. The van der Waals surface area contributed by atoms with Crippen molar-refractivity contribution in [3.63, 3.8) is 0 Å². The van der Waals surface area contributed by atoms with Crippen molar-refractivity contribution in [3.05, 3.63) is 185 Å². The van der Waals surface area contributed by atoms with Gasteiger partial charge in [-0.25, -0.2) is 0 Å². The Morgan fingerprint density at radius 2 is 1.22 bits per heavy atom. The van der Waals surface area contributed by atoms with Crippen LogP contribution in [0.2, 0.25) is 0 Å². The number of ether oxygens (including phenoxy) is 1. The zero-order chi connectivity index (χ0) is 32.9. The molecule has 7 rings (SSSR count). The van der Waals surface area contributed by atoms with E-state index in [1.54, 1.807) is 10.9 Å². The molecule has 0 spiro atoms. The number of halogens is 1. The Bertz CT molecular complexity index is 2070. The summed E-state index contributed by atoms with van der Waals surface area (Å²) < 4.78 is 6.06. The first-order chi connectivity index (χ1) is 23.6. The van der Waals surface area contributed by atoms with Gasteiger partial charge in [0.05, 0.1) is 11.3 Å². The fourth-order valence-corrected chi connectivity index (χ4v) is 6.29. The number of carbonyl (C=O) groups is 1. The maximum atomic E-state index is 11.7. The second-order valence-electron chi connectivity index (χ2n) is 11.6. The van der Waals surface area contributed by atoms with Crippen LogP contribution in [-0.2, 0) is 12.1 Å². The van der Waals surface area contributed by atoms with Gasteiger partial charge in [0.2, 0.25) is 5.82 Å². The van der Waals surface area contributed by atoms with E-state index in [2.05, 4.69) is 64.7 Å². The number of aldehydes is 1. The largest absolute Gasteiger partial charge is 0.488 e. The third kappa shape index (κ3) is 6.36. The highest BCUT2D eigenvalue weighted by molar-refractivity contribution is 5.85. The zero-order valence-corrected chi connectivity index (χ0v) is 27.9. The molecule has 8 heteroatoms. The Balaban J connectivity index is 0.00000417. The summed E-state index contributed by atoms with van der Waals surface area (Å²) in [5.74, 6) is 1.06. The number of rotatable bonds is 10. The third-order valence-electron chi connectivity index (χ3n) is 8.57. The summed E-state index contributed by atoms with van der Waals surface area (Å²) >= 11 is 0. The van der Waals surface area contributed by atoms with Gasteiger partial charge in [-0.1, -0.05) is 140 Å². The van der Waals surface area contributed by atoms with Crippen LogP contribution >= 0.6 is 12.4 Å². The number of hydrogen-bond donors (Lipinski definition) is 0. The van der Waals surface area contributed by atoms with E-state index in [0.29, 0.717) is 29.4 Å². The fourth-order valence-electron chi connectivity index (χ4n) is 6.29. The summed E-state index contributed by atoms with van der Waals surface area (Å²) in [7, 11) is 0. The minimum Gasteiger partial charge on any atom is -0.488 e. The summed E-state index contributed by atoms with van der Waals surface area (Å²) in [6.07, 6.45) is 0.797. The van der Waals surface area contributed by atoms with Gasteiger partial charge in [-0.3, -0.25) is 9.78 Å². The molecule has 0 aliphatic rings. The van der Waals surface area contributed by atoms with Gasteiger partial charge < -0.3 is 4.74 Å². The van der Waals surface area contributed by atoms with Crippen molar-refractivity contribution < 1.29 is 9.53 Å². The van der Waals surface area contributed by atoms with Crippen LogP contribution < -0.4 is 4.74 Å². The lowest BCUT2D eigenvalue weighted by molar-refractivity contribution is 0.111. The maximum Gasteiger partial charge on any atom is 0.205 e. The molecule has 0 unspecified atom stereocenters. The van der Waals surface area contributed by atoms with Crippen molar-refractivity contribution in [3.8, 4) is 28.3 Å². The molecule has 7 aromatic rings. The van der Waals surface area contributed by atoms with Crippen molar-refractivity contribution in [2.24, 2.45) is 0 Å². The van der Waals surface area contributed by atoms with Gasteiger partial charge in [-0.15, -0.1) is 27.4 Å². The molecule has 242 valence electrons. The van der Waals surface area contributed by atoms with Gasteiger partial charge >= 0.3 is 0 Å². The van der Waals surface area contributed by atoms with E-state index in [9.17, 15) is 4.79 Å². The van der Waals surface area contributed by atoms with E-state index in [0.717, 1.165) is 50.9 Å². The number of nitrogens with zero attached hydrogens (tertiary/aromatic N) is 5. The Hall–Kier alpha value is -5.92. The first-order valence-corrected chi connectivity index (χ1v) is 15.8. The van der Waals surface area contributed by atoms with Gasteiger partial charge in [-0.05, 0) is 52.4 Å². The van der Waals surface area contributed by atoms with Crippen molar-refractivity contribution in [1.29, 1.82) is 0 Å². The molecule has 0 amide bonds. The predicted octanol–water partition coefficient (Wildman–Crippen LogP) is 8.67. The smallest absolute Gasteiger partial charge is 0.205 e. The summed E-state index contributed by atoms with van der Waals surface area (Å²) in [6.45, 7) is 4.02. The molecule has 0 bridgehead atoms. The molecule has 0 radical (unpaired) electrons. The molecule has 7 nitrogen and oxygen atoms in total. The molecule has 0 saturated carbocycles. The van der Waals surface area contributed by atoms with Gasteiger partial charge in [-0.2, -0.15) is 0 Å². The van der Waals surface area contributed by atoms with Gasteiger partial charge in [0.15, 0.2) is 11.8 Å². The summed E-state index contributed by atoms with van der Waals surface area (Å²) in [5.41, 5.74) is 7.98. The molecule has 5 aromatic carbocycles. The number of tetrazole rings is 1. The lowest BCUT2D eigenvalue weighted by Gasteiger charge is -2.34. The highest BCUT2D eigenvalue weighted by Gasteiger charge is 2.41. The van der Waals surface area contributed by atoms with Crippen LogP contribution in [0.25, 0.3) is 22.5 Å². The molecule has 0 aliphatic carbocycles. The first-order valence-electron chi connectivity index (χ1n) is 15.8. The molecule has 0 saturated heterocycles. The average Bonchev–Trinajstić information content (AvgIpc) is 3.63. The predicted molar refractivity (Wildman–Crippen MR) is 194 cm³/mol. The minimum atomic E-state index is -0.860. The van der Waals surface area contributed by atoms with E-state index in [4.69, 9.17) is 15.0 Å². The van der Waals surface area contributed by atoms with Crippen molar-refractivity contribution in [2.45, 2.75) is 26.0 Å². The van der Waals surface area contributed by atoms with E-state index in [1.807, 2.05) is 98.8 Å². The standard InChI is InChI=1S/C41H33N5O2.ClH/c1-29-26-39(38(27-47)30(2)42-29)48-28-31-22-24-32(25-23-31)36-20-12-13-21-37(36)40-43-45-46(44-40)41(33-14-6-3-7-15-33,34-16-8-4-9-17-34)35-18-10-5-11-19-35;/h3-27H,28H2,1-2H3;1H. The van der Waals surface area contributed by atoms with Crippen molar-refractivity contribution in [1.82, 2.24) is 25.2 Å². The molecule has 2 heterocycles. The van der Waals surface area contributed by atoms with Gasteiger partial charge in [0, 0.05) is 17.3 Å². The normalized spacial score (nSPS) is 11.1. The fraction of sp³-hybridized carbons (Fsp3) is 0.0976. The maximum absolute atomic E-state index is 11.7.